The number of nitrogens with zero attached hydrogens (tertiary/aromatic N) is 1. The molecule has 2 rings (SSSR count). The summed E-state index contributed by atoms with van der Waals surface area (Å²) in [4.78, 5) is 20.5. The van der Waals surface area contributed by atoms with E-state index in [1.54, 1.807) is 24.3 Å². The Morgan fingerprint density at radius 1 is 1.15 bits per heavy atom. The number of carbonyl (C=O) groups is 2. The molecule has 0 heterocycles. The molecule has 8 nitrogen and oxygen atoms in total. The van der Waals surface area contributed by atoms with Gasteiger partial charge in [0.2, 0.25) is 0 Å². The molecule has 0 bridgehead atoms. The number of rotatable bonds is 11. The van der Waals surface area contributed by atoms with Crippen molar-refractivity contribution in [3.05, 3.63) is 58.7 Å². The molecular weight excluding hydrogens is 434 g/mol. The van der Waals surface area contributed by atoms with Crippen molar-refractivity contribution in [3.63, 3.8) is 0 Å². The summed E-state index contributed by atoms with van der Waals surface area (Å²) < 4.78 is 10.6. The zero-order valence-electron chi connectivity index (χ0n) is 20.7. The molecule has 0 saturated carbocycles. The Morgan fingerprint density at radius 3 is 2.41 bits per heavy atom. The predicted molar refractivity (Wildman–Crippen MR) is 133 cm³/mol. The molecule has 0 spiro atoms. The van der Waals surface area contributed by atoms with Crippen LogP contribution in [0.5, 0.6) is 11.5 Å². The third-order valence-electron chi connectivity index (χ3n) is 4.49. The Labute approximate surface area is 202 Å². The first-order chi connectivity index (χ1) is 16.4. The highest BCUT2D eigenvalue weighted by Crippen LogP contribution is 2.22. The van der Waals surface area contributed by atoms with Crippen molar-refractivity contribution in [2.24, 2.45) is 5.73 Å². The lowest BCUT2D eigenvalue weighted by atomic mass is 10.1. The van der Waals surface area contributed by atoms with E-state index in [0.29, 0.717) is 42.0 Å². The average molecular weight is 472 g/mol. The Bertz CT molecular complexity index is 912. The fourth-order valence-corrected chi connectivity index (χ4v) is 2.59. The Hall–Kier alpha value is -3.25. The number of aliphatic hydroxyl groups is 1. The fourth-order valence-electron chi connectivity index (χ4n) is 2.59. The van der Waals surface area contributed by atoms with Crippen LogP contribution < -0.4 is 20.5 Å². The Morgan fingerprint density at radius 2 is 1.85 bits per heavy atom. The maximum absolute atomic E-state index is 10.5. The largest absolute Gasteiger partial charge is 0.489 e. The summed E-state index contributed by atoms with van der Waals surface area (Å²) in [5, 5.41) is 21.9. The summed E-state index contributed by atoms with van der Waals surface area (Å²) in [6.45, 7) is 10.7. The van der Waals surface area contributed by atoms with Crippen LogP contribution in [0.3, 0.4) is 0 Å². The standard InChI is InChI=1S/C14H21N3O2.C10H10O3.C2H6/c1-10-4-3-5-12(7-16)14(10)19-9-13(18)8-17-11(2)6-15;1-8-6-10(13-5-4-11)3-2-9(8)7-12;1-2/h3-5,11,13,17-18H,6,8-9,15H2,1-2H3;2-4,6-7H,5H2,1H3;1-2H3. The molecule has 0 radical (unpaired) electrons. The minimum absolute atomic E-state index is 0.0415. The summed E-state index contributed by atoms with van der Waals surface area (Å²) >= 11 is 0. The molecule has 0 aromatic heterocycles. The molecule has 2 aromatic carbocycles. The number of aryl methyl sites for hydroxylation is 2. The Kier molecular flexibility index (Phi) is 16.5. The second kappa shape index (κ2) is 18.2. The van der Waals surface area contributed by atoms with Gasteiger partial charge in [0.05, 0.1) is 5.56 Å². The van der Waals surface area contributed by atoms with Crippen molar-refractivity contribution in [2.45, 2.75) is 46.8 Å². The number of nitrogens with one attached hydrogen (secondary N) is 1. The van der Waals surface area contributed by atoms with Crippen LogP contribution in [0.4, 0.5) is 0 Å². The maximum Gasteiger partial charge on any atom is 0.157 e. The van der Waals surface area contributed by atoms with Crippen LogP contribution in [-0.4, -0.2) is 56.1 Å². The van der Waals surface area contributed by atoms with Gasteiger partial charge in [-0.25, -0.2) is 0 Å². The van der Waals surface area contributed by atoms with Gasteiger partial charge in [-0.05, 0) is 56.2 Å². The minimum atomic E-state index is -0.639. The number of carbonyl (C=O) groups excluding carboxylic acids is 2. The van der Waals surface area contributed by atoms with Crippen molar-refractivity contribution in [1.82, 2.24) is 5.32 Å². The van der Waals surface area contributed by atoms with E-state index in [2.05, 4.69) is 11.4 Å². The second-order valence-corrected chi connectivity index (χ2v) is 7.19. The van der Waals surface area contributed by atoms with Crippen LogP contribution in [0.15, 0.2) is 36.4 Å². The first kappa shape index (κ1) is 30.8. The normalized spacial score (nSPS) is 11.4. The predicted octanol–water partition coefficient (Wildman–Crippen LogP) is 2.95. The minimum Gasteiger partial charge on any atom is -0.489 e. The summed E-state index contributed by atoms with van der Waals surface area (Å²) in [5.74, 6) is 1.14. The van der Waals surface area contributed by atoms with E-state index in [4.69, 9.17) is 20.5 Å². The molecule has 0 amide bonds. The zero-order chi connectivity index (χ0) is 25.9. The van der Waals surface area contributed by atoms with E-state index in [0.717, 1.165) is 17.4 Å². The van der Waals surface area contributed by atoms with Gasteiger partial charge in [0.1, 0.15) is 43.2 Å². The molecule has 0 saturated heterocycles. The first-order valence-corrected chi connectivity index (χ1v) is 11.2. The van der Waals surface area contributed by atoms with Crippen LogP contribution in [0.1, 0.15) is 47.8 Å². The quantitative estimate of drug-likeness (QED) is 0.426. The third-order valence-corrected chi connectivity index (χ3v) is 4.49. The van der Waals surface area contributed by atoms with E-state index in [1.165, 1.54) is 0 Å². The van der Waals surface area contributed by atoms with Crippen molar-refractivity contribution in [1.29, 1.82) is 5.26 Å². The molecule has 0 aliphatic heterocycles. The number of benzene rings is 2. The van der Waals surface area contributed by atoms with Gasteiger partial charge in [0.15, 0.2) is 6.29 Å². The maximum atomic E-state index is 10.5. The number of ether oxygens (including phenoxy) is 2. The fraction of sp³-hybridized carbons (Fsp3) is 0.423. The van der Waals surface area contributed by atoms with Gasteiger partial charge in [-0.15, -0.1) is 0 Å². The molecule has 2 unspecified atom stereocenters. The van der Waals surface area contributed by atoms with E-state index in [-0.39, 0.29) is 19.3 Å². The Balaban J connectivity index is 0.000000633. The van der Waals surface area contributed by atoms with E-state index < -0.39 is 6.10 Å². The molecule has 34 heavy (non-hydrogen) atoms. The van der Waals surface area contributed by atoms with Gasteiger partial charge < -0.3 is 25.6 Å². The summed E-state index contributed by atoms with van der Waals surface area (Å²) in [7, 11) is 0. The molecule has 2 aromatic rings. The monoisotopic (exact) mass is 471 g/mol. The molecule has 186 valence electrons. The van der Waals surface area contributed by atoms with Crippen molar-refractivity contribution < 1.29 is 24.2 Å². The van der Waals surface area contributed by atoms with Crippen LogP contribution in [0.2, 0.25) is 0 Å². The van der Waals surface area contributed by atoms with Gasteiger partial charge in [0, 0.05) is 24.7 Å². The van der Waals surface area contributed by atoms with Crippen molar-refractivity contribution >= 4 is 12.6 Å². The zero-order valence-corrected chi connectivity index (χ0v) is 20.7. The number of nitrogens with two attached hydrogens (primary N) is 1. The first-order valence-electron chi connectivity index (χ1n) is 11.2. The smallest absolute Gasteiger partial charge is 0.157 e. The van der Waals surface area contributed by atoms with Gasteiger partial charge in [-0.3, -0.25) is 9.59 Å². The lowest BCUT2D eigenvalue weighted by Gasteiger charge is -2.17. The van der Waals surface area contributed by atoms with Gasteiger partial charge >= 0.3 is 0 Å². The molecule has 0 fully saturated rings. The van der Waals surface area contributed by atoms with Crippen molar-refractivity contribution in [2.75, 3.05) is 26.3 Å². The number of nitriles is 1. The summed E-state index contributed by atoms with van der Waals surface area (Å²) in [6, 6.07) is 12.7. The number of aldehydes is 2. The summed E-state index contributed by atoms with van der Waals surface area (Å²) in [6.07, 6.45) is 0.835. The van der Waals surface area contributed by atoms with Crippen LogP contribution in [0, 0.1) is 25.2 Å². The molecule has 2 atom stereocenters. The van der Waals surface area contributed by atoms with Gasteiger partial charge in [-0.2, -0.15) is 5.26 Å². The van der Waals surface area contributed by atoms with Crippen LogP contribution >= 0.6 is 0 Å². The highest BCUT2D eigenvalue weighted by atomic mass is 16.5. The number of aliphatic hydroxyl groups excluding tert-OH is 1. The van der Waals surface area contributed by atoms with Gasteiger partial charge in [0.25, 0.3) is 0 Å². The lowest BCUT2D eigenvalue weighted by Crippen LogP contribution is -2.40. The summed E-state index contributed by atoms with van der Waals surface area (Å²) in [5.41, 5.74) is 8.32. The highest BCUT2D eigenvalue weighted by molar-refractivity contribution is 5.77. The number of hydrogen-bond donors (Lipinski definition) is 3. The molecule has 0 aliphatic rings. The third kappa shape index (κ3) is 11.6. The number of para-hydroxylation sites is 1. The van der Waals surface area contributed by atoms with E-state index in [9.17, 15) is 14.7 Å². The second-order valence-electron chi connectivity index (χ2n) is 7.19. The molecule has 0 aliphatic carbocycles. The molecule has 4 N–H and O–H groups in total. The van der Waals surface area contributed by atoms with Crippen LogP contribution in [0.25, 0.3) is 0 Å². The van der Waals surface area contributed by atoms with Gasteiger partial charge in [-0.1, -0.05) is 26.0 Å². The topological polar surface area (TPSA) is 135 Å². The van der Waals surface area contributed by atoms with E-state index in [1.807, 2.05) is 46.8 Å². The SMILES string of the molecule is CC.Cc1cc(OCC=O)ccc1C=O.Cc1cccc(C#N)c1OCC(O)CNC(C)CN. The lowest BCUT2D eigenvalue weighted by molar-refractivity contribution is -0.109. The number of hydrogen-bond acceptors (Lipinski definition) is 8. The van der Waals surface area contributed by atoms with Crippen LogP contribution in [-0.2, 0) is 4.79 Å². The molecular formula is C26H37N3O5. The highest BCUT2D eigenvalue weighted by Gasteiger charge is 2.11. The van der Waals surface area contributed by atoms with Crippen molar-refractivity contribution in [3.8, 4) is 17.6 Å². The molecule has 8 heteroatoms. The average Bonchev–Trinajstić information content (AvgIpc) is 2.86. The van der Waals surface area contributed by atoms with E-state index >= 15 is 0 Å².